The highest BCUT2D eigenvalue weighted by Crippen LogP contribution is 2.41. The van der Waals surface area contributed by atoms with Crippen LogP contribution in [0.4, 0.5) is 13.2 Å². The van der Waals surface area contributed by atoms with Gasteiger partial charge in [-0.2, -0.15) is 13.2 Å². The molecule has 184 valence electrons. The normalized spacial score (nSPS) is 12.0. The number of rotatable bonds is 7. The molecule has 0 fully saturated rings. The Hall–Kier alpha value is -3.11. The first-order valence-electron chi connectivity index (χ1n) is 10.8. The third-order valence-corrected chi connectivity index (χ3v) is 6.97. The van der Waals surface area contributed by atoms with Crippen LogP contribution in [0, 0.1) is 5.92 Å². The SMILES string of the molecule is CC(C)Cn1c(-c2sc3ccccc3c2Cl)nn(CC(=O)NCc2ccccc2C(F)(F)F)c1=O. The molecule has 0 aliphatic carbocycles. The van der Waals surface area contributed by atoms with E-state index >= 15 is 0 Å². The summed E-state index contributed by atoms with van der Waals surface area (Å²) >= 11 is 8.01. The quantitative estimate of drug-likeness (QED) is 0.345. The van der Waals surface area contributed by atoms with Gasteiger partial charge in [-0.3, -0.25) is 9.36 Å². The van der Waals surface area contributed by atoms with E-state index in [1.807, 2.05) is 38.1 Å². The molecular weight excluding hydrogens is 501 g/mol. The molecule has 2 heterocycles. The number of alkyl halides is 3. The molecule has 2 aromatic heterocycles. The molecule has 1 amide bonds. The maximum absolute atomic E-state index is 13.2. The summed E-state index contributed by atoms with van der Waals surface area (Å²) in [6, 6.07) is 12.6. The molecule has 0 atom stereocenters. The van der Waals surface area contributed by atoms with E-state index in [0.29, 0.717) is 22.3 Å². The fraction of sp³-hybridized carbons (Fsp3) is 0.292. The van der Waals surface area contributed by atoms with Crippen LogP contribution >= 0.6 is 22.9 Å². The number of amides is 1. The number of carbonyl (C=O) groups excluding carboxylic acids is 1. The van der Waals surface area contributed by atoms with Gasteiger partial charge < -0.3 is 5.32 Å². The van der Waals surface area contributed by atoms with Gasteiger partial charge in [-0.05, 0) is 23.6 Å². The summed E-state index contributed by atoms with van der Waals surface area (Å²) in [4.78, 5) is 26.3. The minimum absolute atomic E-state index is 0.0659. The molecule has 2 aromatic carbocycles. The number of hydrogen-bond acceptors (Lipinski definition) is 4. The maximum Gasteiger partial charge on any atom is 0.416 e. The zero-order valence-electron chi connectivity index (χ0n) is 18.9. The third kappa shape index (κ3) is 5.28. The number of fused-ring (bicyclic) bond motifs is 1. The number of nitrogens with one attached hydrogen (secondary N) is 1. The van der Waals surface area contributed by atoms with Gasteiger partial charge in [-0.15, -0.1) is 16.4 Å². The van der Waals surface area contributed by atoms with E-state index in [1.165, 1.54) is 34.1 Å². The molecule has 4 rings (SSSR count). The Bertz CT molecular complexity index is 1440. The number of halogens is 4. The van der Waals surface area contributed by atoms with Gasteiger partial charge in [0.15, 0.2) is 5.82 Å². The topological polar surface area (TPSA) is 68.9 Å². The van der Waals surface area contributed by atoms with Gasteiger partial charge in [-0.25, -0.2) is 9.48 Å². The van der Waals surface area contributed by atoms with Gasteiger partial charge in [0, 0.05) is 23.2 Å². The van der Waals surface area contributed by atoms with E-state index in [0.717, 1.165) is 20.8 Å². The molecule has 0 saturated carbocycles. The van der Waals surface area contributed by atoms with Crippen molar-refractivity contribution in [3.63, 3.8) is 0 Å². The predicted molar refractivity (Wildman–Crippen MR) is 130 cm³/mol. The van der Waals surface area contributed by atoms with Crippen LogP contribution < -0.4 is 11.0 Å². The fourth-order valence-corrected chi connectivity index (χ4v) is 5.25. The van der Waals surface area contributed by atoms with Crippen LogP contribution in [-0.4, -0.2) is 20.3 Å². The molecule has 0 bridgehead atoms. The summed E-state index contributed by atoms with van der Waals surface area (Å²) in [5.41, 5.74) is -1.38. The van der Waals surface area contributed by atoms with Crippen LogP contribution in [0.5, 0.6) is 0 Å². The van der Waals surface area contributed by atoms with Crippen LogP contribution in [0.25, 0.3) is 20.8 Å². The van der Waals surface area contributed by atoms with Crippen molar-refractivity contribution >= 4 is 38.9 Å². The largest absolute Gasteiger partial charge is 0.416 e. The molecule has 6 nitrogen and oxygen atoms in total. The van der Waals surface area contributed by atoms with Crippen molar-refractivity contribution in [3.8, 4) is 10.7 Å². The van der Waals surface area contributed by atoms with Gasteiger partial charge in [0.25, 0.3) is 0 Å². The smallest absolute Gasteiger partial charge is 0.350 e. The predicted octanol–water partition coefficient (Wildman–Crippen LogP) is 5.57. The van der Waals surface area contributed by atoms with Crippen molar-refractivity contribution in [2.75, 3.05) is 0 Å². The molecule has 0 unspecified atom stereocenters. The number of carbonyl (C=O) groups is 1. The van der Waals surface area contributed by atoms with E-state index in [1.54, 1.807) is 0 Å². The minimum Gasteiger partial charge on any atom is -0.350 e. The highest BCUT2D eigenvalue weighted by atomic mass is 35.5. The Morgan fingerprint density at radius 2 is 1.83 bits per heavy atom. The summed E-state index contributed by atoms with van der Waals surface area (Å²) in [5, 5.41) is 8.17. The molecule has 1 N–H and O–H groups in total. The molecule has 0 aliphatic heterocycles. The van der Waals surface area contributed by atoms with Crippen LogP contribution in [0.15, 0.2) is 53.3 Å². The summed E-state index contributed by atoms with van der Waals surface area (Å²) in [6.07, 6.45) is -4.54. The van der Waals surface area contributed by atoms with E-state index in [-0.39, 0.29) is 18.0 Å². The molecule has 4 aromatic rings. The molecular formula is C24H22ClF3N4O2S. The van der Waals surface area contributed by atoms with Crippen LogP contribution in [0.3, 0.4) is 0 Å². The number of thiophene rings is 1. The Morgan fingerprint density at radius 1 is 1.14 bits per heavy atom. The molecule has 0 spiro atoms. The Kier molecular flexibility index (Phi) is 7.05. The lowest BCUT2D eigenvalue weighted by Gasteiger charge is -2.13. The van der Waals surface area contributed by atoms with Crippen molar-refractivity contribution in [2.24, 2.45) is 5.92 Å². The van der Waals surface area contributed by atoms with Gasteiger partial charge >= 0.3 is 11.9 Å². The molecule has 11 heteroatoms. The lowest BCUT2D eigenvalue weighted by molar-refractivity contribution is -0.138. The lowest BCUT2D eigenvalue weighted by Crippen LogP contribution is -2.34. The highest BCUT2D eigenvalue weighted by molar-refractivity contribution is 7.23. The standard InChI is InChI=1S/C24H22ClF3N4O2S/c1-14(2)12-31-22(21-20(25)16-8-4-6-10-18(16)35-21)30-32(23(31)34)13-19(33)29-11-15-7-3-5-9-17(15)24(26,27)28/h3-10,14H,11-13H2,1-2H3,(H,29,33). The second-order valence-electron chi connectivity index (χ2n) is 8.44. The van der Waals surface area contributed by atoms with Crippen molar-refractivity contribution in [1.82, 2.24) is 19.7 Å². The Morgan fingerprint density at radius 3 is 2.51 bits per heavy atom. The van der Waals surface area contributed by atoms with Crippen molar-refractivity contribution in [1.29, 1.82) is 0 Å². The van der Waals surface area contributed by atoms with Crippen molar-refractivity contribution in [2.45, 2.75) is 39.7 Å². The van der Waals surface area contributed by atoms with Crippen LogP contribution in [-0.2, 0) is 30.6 Å². The Labute approximate surface area is 207 Å². The van der Waals surface area contributed by atoms with Crippen molar-refractivity contribution < 1.29 is 18.0 Å². The summed E-state index contributed by atoms with van der Waals surface area (Å²) < 4.78 is 43.1. The van der Waals surface area contributed by atoms with Gasteiger partial charge in [0.2, 0.25) is 5.91 Å². The summed E-state index contributed by atoms with van der Waals surface area (Å²) in [5.74, 6) is -0.165. The van der Waals surface area contributed by atoms with Crippen LogP contribution in [0.2, 0.25) is 5.02 Å². The number of hydrogen-bond donors (Lipinski definition) is 1. The zero-order valence-corrected chi connectivity index (χ0v) is 20.5. The van der Waals surface area contributed by atoms with E-state index in [2.05, 4.69) is 10.4 Å². The second-order valence-corrected chi connectivity index (χ2v) is 9.87. The van der Waals surface area contributed by atoms with E-state index < -0.39 is 29.9 Å². The first-order chi connectivity index (χ1) is 16.6. The van der Waals surface area contributed by atoms with Crippen LogP contribution in [0.1, 0.15) is 25.0 Å². The molecule has 35 heavy (non-hydrogen) atoms. The molecule has 0 aliphatic rings. The zero-order chi connectivity index (χ0) is 25.3. The second kappa shape index (κ2) is 9.87. The van der Waals surface area contributed by atoms with E-state index in [9.17, 15) is 22.8 Å². The number of benzene rings is 2. The Balaban J connectivity index is 1.61. The first kappa shape index (κ1) is 25.0. The first-order valence-corrected chi connectivity index (χ1v) is 12.0. The summed E-state index contributed by atoms with van der Waals surface area (Å²) in [7, 11) is 0. The van der Waals surface area contributed by atoms with Gasteiger partial charge in [0.1, 0.15) is 6.54 Å². The van der Waals surface area contributed by atoms with Gasteiger partial charge in [-0.1, -0.05) is 61.8 Å². The average Bonchev–Trinajstić information content (AvgIpc) is 3.29. The monoisotopic (exact) mass is 522 g/mol. The van der Waals surface area contributed by atoms with E-state index in [4.69, 9.17) is 11.6 Å². The lowest BCUT2D eigenvalue weighted by atomic mass is 10.1. The van der Waals surface area contributed by atoms with Crippen molar-refractivity contribution in [3.05, 3.63) is 75.2 Å². The number of nitrogens with zero attached hydrogens (tertiary/aromatic N) is 3. The third-order valence-electron chi connectivity index (χ3n) is 5.30. The number of aromatic nitrogens is 3. The molecule has 0 radical (unpaired) electrons. The summed E-state index contributed by atoms with van der Waals surface area (Å²) in [6.45, 7) is 3.49. The molecule has 0 saturated heterocycles. The average molecular weight is 523 g/mol. The minimum atomic E-state index is -4.54. The maximum atomic E-state index is 13.2. The fourth-order valence-electron chi connectivity index (χ4n) is 3.74. The highest BCUT2D eigenvalue weighted by Gasteiger charge is 2.33. The van der Waals surface area contributed by atoms with Gasteiger partial charge in [0.05, 0.1) is 15.5 Å².